The Morgan fingerprint density at radius 2 is 1.76 bits per heavy atom. The molecule has 1 N–H and O–H groups in total. The zero-order chi connectivity index (χ0) is 33.7. The van der Waals surface area contributed by atoms with Crippen LogP contribution >= 0.6 is 0 Å². The first kappa shape index (κ1) is 32.0. The lowest BCUT2D eigenvalue weighted by molar-refractivity contribution is -0.325. The minimum absolute atomic E-state index is 0.00829. The van der Waals surface area contributed by atoms with Crippen LogP contribution in [0.25, 0.3) is 17.0 Å². The highest BCUT2D eigenvalue weighted by atomic mass is 16.7. The van der Waals surface area contributed by atoms with Crippen LogP contribution in [-0.2, 0) is 14.4 Å². The minimum atomic E-state index is -1.11. The van der Waals surface area contributed by atoms with Gasteiger partial charge in [-0.25, -0.2) is 9.79 Å². The van der Waals surface area contributed by atoms with Gasteiger partial charge in [0, 0.05) is 43.2 Å². The first-order chi connectivity index (χ1) is 23.8. The fraction of sp³-hybridized carbons (Fsp3) is 0.526. The number of carbonyl (C=O) groups excluding carboxylic acids is 2. The number of para-hydroxylation sites is 1. The van der Waals surface area contributed by atoms with Gasteiger partial charge in [-0.15, -0.1) is 0 Å². The van der Waals surface area contributed by atoms with E-state index in [1.165, 1.54) is 24.2 Å². The highest BCUT2D eigenvalue weighted by molar-refractivity contribution is 5.85. The standard InChI is InChI=1S/C38H47N7O4/c1-25-20-30(21-31-23-40-41-35(25)31)26(2)34(36(46)43-16-10-28(11-17-43)27-8-14-42(3)15-9-27)38-22-32(48-38)13-19-45(38)37(47)49-44-18-12-29-6-4-5-7-33(29)39-24-44/h4-7,12,18,20-21,23-24,26-28,32,34H,8-11,13-17,19,22H2,1-3H3,(H,40,41)/t26-,32?,34?,38?/m0/s1. The number of amides is 2. The van der Waals surface area contributed by atoms with Crippen LogP contribution in [0.5, 0.6) is 0 Å². The van der Waals surface area contributed by atoms with E-state index in [1.54, 1.807) is 11.1 Å². The largest absolute Gasteiger partial charge is 0.436 e. The van der Waals surface area contributed by atoms with Crippen LogP contribution in [0.4, 0.5) is 10.5 Å². The monoisotopic (exact) mass is 665 g/mol. The Morgan fingerprint density at radius 1 is 1.02 bits per heavy atom. The fourth-order valence-electron chi connectivity index (χ4n) is 9.07. The van der Waals surface area contributed by atoms with Crippen LogP contribution in [0.3, 0.4) is 0 Å². The van der Waals surface area contributed by atoms with Gasteiger partial charge in [0.1, 0.15) is 6.34 Å². The molecule has 3 unspecified atom stereocenters. The predicted molar refractivity (Wildman–Crippen MR) is 188 cm³/mol. The first-order valence-electron chi connectivity index (χ1n) is 18.0. The number of aliphatic imine (C=N–C) groups is 1. The molecule has 0 saturated carbocycles. The van der Waals surface area contributed by atoms with Gasteiger partial charge in [-0.05, 0) is 106 Å². The number of rotatable bonds is 6. The Bertz CT molecular complexity index is 1730. The summed E-state index contributed by atoms with van der Waals surface area (Å²) in [6, 6.07) is 12.0. The number of aryl methyl sites for hydroxylation is 1. The lowest BCUT2D eigenvalue weighted by atomic mass is 9.70. The number of nitrogens with zero attached hydrogens (tertiary/aromatic N) is 6. The summed E-state index contributed by atoms with van der Waals surface area (Å²) in [7, 11) is 2.21. The molecule has 7 heterocycles. The number of piperidine rings is 3. The molecule has 11 nitrogen and oxygen atoms in total. The third-order valence-electron chi connectivity index (χ3n) is 11.9. The summed E-state index contributed by atoms with van der Waals surface area (Å²) >= 11 is 0. The van der Waals surface area contributed by atoms with Gasteiger partial charge in [0.15, 0.2) is 5.72 Å². The van der Waals surface area contributed by atoms with Crippen LogP contribution in [0.15, 0.2) is 53.8 Å². The zero-order valence-corrected chi connectivity index (χ0v) is 28.8. The number of hydroxylamine groups is 2. The lowest BCUT2D eigenvalue weighted by Gasteiger charge is -2.61. The molecule has 6 aliphatic heterocycles. The maximum absolute atomic E-state index is 15.0. The molecular weight excluding hydrogens is 618 g/mol. The van der Waals surface area contributed by atoms with Gasteiger partial charge >= 0.3 is 6.09 Å². The van der Waals surface area contributed by atoms with E-state index >= 15 is 0 Å². The number of nitrogens with one attached hydrogen (secondary N) is 1. The number of likely N-dealkylation sites (tertiary alicyclic amines) is 2. The normalized spacial score (nSPS) is 25.9. The number of fused-ring (bicyclic) bond motifs is 4. The molecule has 0 radical (unpaired) electrons. The summed E-state index contributed by atoms with van der Waals surface area (Å²) < 4.78 is 6.69. The molecular formula is C38H47N7O4. The average molecular weight is 666 g/mol. The summed E-state index contributed by atoms with van der Waals surface area (Å²) in [6.45, 7) is 8.41. The summed E-state index contributed by atoms with van der Waals surface area (Å²) in [4.78, 5) is 45.7. The number of aromatic nitrogens is 2. The third kappa shape index (κ3) is 5.90. The Labute approximate surface area is 287 Å². The Morgan fingerprint density at radius 3 is 2.53 bits per heavy atom. The van der Waals surface area contributed by atoms with Crippen molar-refractivity contribution in [3.8, 4) is 0 Å². The second-order valence-electron chi connectivity index (χ2n) is 14.8. The van der Waals surface area contributed by atoms with E-state index in [2.05, 4.69) is 58.0 Å². The van der Waals surface area contributed by atoms with Crippen molar-refractivity contribution in [2.75, 3.05) is 39.8 Å². The number of benzene rings is 2. The highest BCUT2D eigenvalue weighted by Gasteiger charge is 2.64. The molecule has 258 valence electrons. The third-order valence-corrected chi connectivity index (χ3v) is 11.9. The Kier molecular flexibility index (Phi) is 8.43. The summed E-state index contributed by atoms with van der Waals surface area (Å²) in [6.07, 6.45) is 12.2. The molecule has 2 bridgehead atoms. The Hall–Kier alpha value is -4.22. The van der Waals surface area contributed by atoms with Gasteiger partial charge in [-0.1, -0.05) is 31.2 Å². The van der Waals surface area contributed by atoms with E-state index in [0.29, 0.717) is 25.3 Å². The van der Waals surface area contributed by atoms with Gasteiger partial charge in [0.2, 0.25) is 5.91 Å². The molecule has 2 aromatic carbocycles. The van der Waals surface area contributed by atoms with Crippen LogP contribution in [0.1, 0.15) is 68.1 Å². The van der Waals surface area contributed by atoms with E-state index in [4.69, 9.17) is 9.57 Å². The molecule has 1 aromatic heterocycles. The summed E-state index contributed by atoms with van der Waals surface area (Å²) in [5, 5.41) is 9.71. The molecule has 2 amide bonds. The number of carbonyl (C=O) groups is 2. The van der Waals surface area contributed by atoms with Crippen molar-refractivity contribution >= 4 is 41.0 Å². The SMILES string of the molecule is Cc1cc([C@H](C)C(C(=O)N2CCC(C3CCN(C)CC3)CC2)C23CC(CCN2C(=O)ON2C=Cc4ccccc4N=C2)O3)cc2cn[nH]c12. The van der Waals surface area contributed by atoms with E-state index in [9.17, 15) is 9.59 Å². The molecule has 49 heavy (non-hydrogen) atoms. The van der Waals surface area contributed by atoms with Gasteiger partial charge in [0.05, 0.1) is 29.4 Å². The number of ether oxygens (including phenoxy) is 1. The van der Waals surface area contributed by atoms with Crippen molar-refractivity contribution in [1.82, 2.24) is 30.0 Å². The molecule has 0 aliphatic carbocycles. The van der Waals surface area contributed by atoms with E-state index in [0.717, 1.165) is 78.2 Å². The van der Waals surface area contributed by atoms with E-state index in [-0.39, 0.29) is 17.9 Å². The minimum Gasteiger partial charge on any atom is -0.351 e. The molecule has 5 saturated heterocycles. The van der Waals surface area contributed by atoms with Crippen molar-refractivity contribution < 1.29 is 19.2 Å². The van der Waals surface area contributed by atoms with Crippen LogP contribution in [0.2, 0.25) is 0 Å². The quantitative estimate of drug-likeness (QED) is 0.341. The number of hydrogen-bond donors (Lipinski definition) is 1. The second kappa shape index (κ2) is 12.9. The van der Waals surface area contributed by atoms with Crippen molar-refractivity contribution in [3.05, 3.63) is 65.5 Å². The Balaban J connectivity index is 1.08. The smallest absolute Gasteiger partial charge is 0.351 e. The van der Waals surface area contributed by atoms with Crippen molar-refractivity contribution in [2.24, 2.45) is 22.7 Å². The molecule has 0 spiro atoms. The molecule has 9 rings (SSSR count). The maximum Gasteiger partial charge on any atom is 0.436 e. The zero-order valence-electron chi connectivity index (χ0n) is 28.8. The number of H-pyrrole nitrogens is 1. The molecule has 11 heteroatoms. The van der Waals surface area contributed by atoms with E-state index < -0.39 is 17.7 Å². The van der Waals surface area contributed by atoms with Gasteiger partial charge < -0.3 is 19.4 Å². The predicted octanol–water partition coefficient (Wildman–Crippen LogP) is 6.06. The number of aromatic amines is 1. The number of hydrogen-bond acceptors (Lipinski definition) is 8. The van der Waals surface area contributed by atoms with Gasteiger partial charge in [-0.3, -0.25) is 14.8 Å². The van der Waals surface area contributed by atoms with Crippen LogP contribution in [-0.4, -0.2) is 99.9 Å². The average Bonchev–Trinajstić information content (AvgIpc) is 3.50. The highest BCUT2D eigenvalue weighted by Crippen LogP contribution is 2.53. The molecule has 6 aliphatic rings. The summed E-state index contributed by atoms with van der Waals surface area (Å²) in [5.74, 6) is 0.593. The lowest BCUT2D eigenvalue weighted by Crippen LogP contribution is -2.74. The van der Waals surface area contributed by atoms with E-state index in [1.807, 2.05) is 36.5 Å². The van der Waals surface area contributed by atoms with Crippen molar-refractivity contribution in [3.63, 3.8) is 0 Å². The van der Waals surface area contributed by atoms with Crippen molar-refractivity contribution in [1.29, 1.82) is 0 Å². The molecule has 5 fully saturated rings. The van der Waals surface area contributed by atoms with Gasteiger partial charge in [0.25, 0.3) is 0 Å². The maximum atomic E-state index is 15.0. The second-order valence-corrected chi connectivity index (χ2v) is 14.8. The molecule has 4 atom stereocenters. The first-order valence-corrected chi connectivity index (χ1v) is 18.0. The van der Waals surface area contributed by atoms with Gasteiger partial charge in [-0.2, -0.15) is 10.2 Å². The summed E-state index contributed by atoms with van der Waals surface area (Å²) in [5.41, 5.74) is 3.70. The van der Waals surface area contributed by atoms with Crippen molar-refractivity contribution in [2.45, 2.75) is 70.1 Å². The molecule has 3 aromatic rings. The topological polar surface area (TPSA) is 107 Å². The van der Waals surface area contributed by atoms with Crippen LogP contribution < -0.4 is 0 Å². The van der Waals surface area contributed by atoms with Crippen LogP contribution in [0, 0.1) is 24.7 Å². The fourth-order valence-corrected chi connectivity index (χ4v) is 9.07.